The van der Waals surface area contributed by atoms with Gasteiger partial charge in [-0.15, -0.1) is 6.58 Å². The van der Waals surface area contributed by atoms with Crippen LogP contribution in [-0.2, 0) is 0 Å². The second-order valence-electron chi connectivity index (χ2n) is 3.45. The SMILES string of the molecule is C=CC1(C)CC(F)(F)CN1C. The van der Waals surface area contributed by atoms with Gasteiger partial charge in [0.1, 0.15) is 0 Å². The zero-order chi connectivity index (χ0) is 8.70. The molecule has 11 heavy (non-hydrogen) atoms. The van der Waals surface area contributed by atoms with Crippen molar-refractivity contribution in [2.75, 3.05) is 13.6 Å². The molecule has 1 aliphatic heterocycles. The lowest BCUT2D eigenvalue weighted by molar-refractivity contribution is 0.0135. The summed E-state index contributed by atoms with van der Waals surface area (Å²) >= 11 is 0. The van der Waals surface area contributed by atoms with E-state index in [9.17, 15) is 8.78 Å². The Kier molecular flexibility index (Phi) is 1.79. The number of nitrogens with zero attached hydrogens (tertiary/aromatic N) is 1. The molecule has 64 valence electrons. The van der Waals surface area contributed by atoms with E-state index in [4.69, 9.17) is 0 Å². The third kappa shape index (κ3) is 1.43. The number of halogens is 2. The predicted molar refractivity (Wildman–Crippen MR) is 40.8 cm³/mol. The van der Waals surface area contributed by atoms with E-state index in [0.717, 1.165) is 0 Å². The van der Waals surface area contributed by atoms with Gasteiger partial charge in [-0.05, 0) is 14.0 Å². The first-order chi connectivity index (χ1) is 4.90. The smallest absolute Gasteiger partial charge is 0.262 e. The summed E-state index contributed by atoms with van der Waals surface area (Å²) < 4.78 is 25.6. The van der Waals surface area contributed by atoms with Crippen molar-refractivity contribution in [3.63, 3.8) is 0 Å². The Bertz CT molecular complexity index is 179. The molecule has 1 heterocycles. The Labute approximate surface area is 65.7 Å². The summed E-state index contributed by atoms with van der Waals surface area (Å²) in [6, 6.07) is 0. The van der Waals surface area contributed by atoms with Crippen molar-refractivity contribution in [2.24, 2.45) is 0 Å². The van der Waals surface area contributed by atoms with E-state index in [0.29, 0.717) is 0 Å². The summed E-state index contributed by atoms with van der Waals surface area (Å²) in [7, 11) is 1.70. The van der Waals surface area contributed by atoms with Crippen LogP contribution in [0.3, 0.4) is 0 Å². The fourth-order valence-corrected chi connectivity index (χ4v) is 1.47. The topological polar surface area (TPSA) is 3.24 Å². The molecule has 1 saturated heterocycles. The number of likely N-dealkylation sites (N-methyl/N-ethyl adjacent to an activating group) is 1. The van der Waals surface area contributed by atoms with E-state index < -0.39 is 11.5 Å². The van der Waals surface area contributed by atoms with Crippen LogP contribution in [0.1, 0.15) is 13.3 Å². The molecule has 1 aliphatic rings. The van der Waals surface area contributed by atoms with E-state index in [1.54, 1.807) is 24.9 Å². The molecule has 3 heteroatoms. The molecule has 1 rings (SSSR count). The van der Waals surface area contributed by atoms with Crippen LogP contribution in [0.4, 0.5) is 8.78 Å². The van der Waals surface area contributed by atoms with Gasteiger partial charge in [0.25, 0.3) is 5.92 Å². The van der Waals surface area contributed by atoms with Gasteiger partial charge in [0.15, 0.2) is 0 Å². The summed E-state index contributed by atoms with van der Waals surface area (Å²) in [5.74, 6) is -2.54. The molecule has 1 unspecified atom stereocenters. The van der Waals surface area contributed by atoms with Gasteiger partial charge in [-0.25, -0.2) is 8.78 Å². The maximum Gasteiger partial charge on any atom is 0.262 e. The van der Waals surface area contributed by atoms with Gasteiger partial charge in [-0.2, -0.15) is 0 Å². The first kappa shape index (κ1) is 8.65. The molecule has 0 saturated carbocycles. The number of hydrogen-bond acceptors (Lipinski definition) is 1. The molecule has 0 bridgehead atoms. The van der Waals surface area contributed by atoms with Crippen LogP contribution in [0.2, 0.25) is 0 Å². The molecule has 0 amide bonds. The van der Waals surface area contributed by atoms with Crippen molar-refractivity contribution < 1.29 is 8.78 Å². The molecule has 0 aromatic rings. The average molecular weight is 161 g/mol. The van der Waals surface area contributed by atoms with Gasteiger partial charge in [0.2, 0.25) is 0 Å². The maximum absolute atomic E-state index is 12.8. The molecular formula is C8H13F2N. The molecule has 0 radical (unpaired) electrons. The third-order valence-electron chi connectivity index (χ3n) is 2.40. The van der Waals surface area contributed by atoms with Crippen LogP contribution in [0, 0.1) is 0 Å². The zero-order valence-electron chi connectivity index (χ0n) is 6.90. The second kappa shape index (κ2) is 2.27. The molecule has 0 N–H and O–H groups in total. The normalized spacial score (nSPS) is 37.5. The van der Waals surface area contributed by atoms with Gasteiger partial charge < -0.3 is 0 Å². The Morgan fingerprint density at radius 3 is 2.27 bits per heavy atom. The summed E-state index contributed by atoms with van der Waals surface area (Å²) in [6.07, 6.45) is 1.48. The first-order valence-electron chi connectivity index (χ1n) is 3.62. The highest BCUT2D eigenvalue weighted by Crippen LogP contribution is 2.38. The molecule has 1 nitrogen and oxygen atoms in total. The zero-order valence-corrected chi connectivity index (χ0v) is 6.90. The van der Waals surface area contributed by atoms with E-state index in [1.165, 1.54) is 0 Å². The molecule has 0 aromatic carbocycles. The molecule has 0 aliphatic carbocycles. The fourth-order valence-electron chi connectivity index (χ4n) is 1.47. The van der Waals surface area contributed by atoms with Crippen LogP contribution >= 0.6 is 0 Å². The van der Waals surface area contributed by atoms with Gasteiger partial charge in [0, 0.05) is 12.0 Å². The van der Waals surface area contributed by atoms with Crippen LogP contribution in [0.5, 0.6) is 0 Å². The molecule has 0 spiro atoms. The number of rotatable bonds is 1. The largest absolute Gasteiger partial charge is 0.291 e. The van der Waals surface area contributed by atoms with Crippen LogP contribution in [0.15, 0.2) is 12.7 Å². The molecule has 0 aromatic heterocycles. The van der Waals surface area contributed by atoms with Gasteiger partial charge in [-0.3, -0.25) is 4.90 Å². The van der Waals surface area contributed by atoms with Crippen LogP contribution in [0.25, 0.3) is 0 Å². The molecule has 1 atom stereocenters. The van der Waals surface area contributed by atoms with E-state index in [-0.39, 0.29) is 13.0 Å². The van der Waals surface area contributed by atoms with Crippen molar-refractivity contribution in [3.8, 4) is 0 Å². The average Bonchev–Trinajstić information content (AvgIpc) is 2.03. The summed E-state index contributed by atoms with van der Waals surface area (Å²) in [4.78, 5) is 1.64. The van der Waals surface area contributed by atoms with Crippen molar-refractivity contribution in [2.45, 2.75) is 24.8 Å². The van der Waals surface area contributed by atoms with Crippen molar-refractivity contribution >= 4 is 0 Å². The van der Waals surface area contributed by atoms with Crippen LogP contribution < -0.4 is 0 Å². The number of alkyl halides is 2. The Morgan fingerprint density at radius 2 is 2.09 bits per heavy atom. The van der Waals surface area contributed by atoms with Gasteiger partial charge in [0.05, 0.1) is 6.54 Å². The minimum atomic E-state index is -2.54. The van der Waals surface area contributed by atoms with E-state index >= 15 is 0 Å². The maximum atomic E-state index is 12.8. The van der Waals surface area contributed by atoms with Crippen LogP contribution in [-0.4, -0.2) is 30.0 Å². The standard InChI is InChI=1S/C8H13F2N/c1-4-7(2)5-8(9,10)6-11(7)3/h4H,1,5-6H2,2-3H3. The minimum absolute atomic E-state index is 0.111. The number of likely N-dealkylation sites (tertiary alicyclic amines) is 1. The second-order valence-corrected chi connectivity index (χ2v) is 3.45. The molecule has 1 fully saturated rings. The predicted octanol–water partition coefficient (Wildman–Crippen LogP) is 1.90. The highest BCUT2D eigenvalue weighted by atomic mass is 19.3. The lowest BCUT2D eigenvalue weighted by Crippen LogP contribution is -2.35. The van der Waals surface area contributed by atoms with E-state index in [2.05, 4.69) is 6.58 Å². The Hall–Kier alpha value is -0.440. The van der Waals surface area contributed by atoms with E-state index in [1.807, 2.05) is 0 Å². The summed E-state index contributed by atoms with van der Waals surface area (Å²) in [5, 5.41) is 0. The minimum Gasteiger partial charge on any atom is -0.291 e. The lowest BCUT2D eigenvalue weighted by Gasteiger charge is -2.26. The van der Waals surface area contributed by atoms with Crippen molar-refractivity contribution in [3.05, 3.63) is 12.7 Å². The third-order valence-corrected chi connectivity index (χ3v) is 2.40. The summed E-state index contributed by atoms with van der Waals surface area (Å²) in [6.45, 7) is 5.18. The van der Waals surface area contributed by atoms with Crippen molar-refractivity contribution in [1.29, 1.82) is 0 Å². The quantitative estimate of drug-likeness (QED) is 0.531. The fraction of sp³-hybridized carbons (Fsp3) is 0.750. The number of hydrogen-bond donors (Lipinski definition) is 0. The molecular weight excluding hydrogens is 148 g/mol. The van der Waals surface area contributed by atoms with Gasteiger partial charge >= 0.3 is 0 Å². The Balaban J connectivity index is 2.81. The summed E-state index contributed by atoms with van der Waals surface area (Å²) in [5.41, 5.74) is -0.524. The van der Waals surface area contributed by atoms with Gasteiger partial charge in [-0.1, -0.05) is 6.08 Å². The Morgan fingerprint density at radius 1 is 1.55 bits per heavy atom. The highest BCUT2D eigenvalue weighted by Gasteiger charge is 2.48. The highest BCUT2D eigenvalue weighted by molar-refractivity contribution is 5.08. The lowest BCUT2D eigenvalue weighted by atomic mass is 9.99. The van der Waals surface area contributed by atoms with Crippen molar-refractivity contribution in [1.82, 2.24) is 4.90 Å². The monoisotopic (exact) mass is 161 g/mol. The first-order valence-corrected chi connectivity index (χ1v) is 3.62.